The van der Waals surface area contributed by atoms with Crippen LogP contribution in [-0.2, 0) is 0 Å². The number of nitrogens with zero attached hydrogens (tertiary/aromatic N) is 1. The van der Waals surface area contributed by atoms with Gasteiger partial charge in [-0.1, -0.05) is 18.1 Å². The Hall–Kier alpha value is -2.29. The molecule has 1 fully saturated rings. The molecule has 2 N–H and O–H groups in total. The molecule has 1 aromatic carbocycles. The van der Waals surface area contributed by atoms with Crippen molar-refractivity contribution in [2.24, 2.45) is 5.92 Å². The topological polar surface area (TPSA) is 44.4 Å². The van der Waals surface area contributed by atoms with Crippen LogP contribution in [-0.4, -0.2) is 31.1 Å². The number of carbonyl (C=O) groups is 1. The molecule has 24 heavy (non-hydrogen) atoms. The third-order valence-electron chi connectivity index (χ3n) is 4.42. The van der Waals surface area contributed by atoms with Gasteiger partial charge in [-0.25, -0.2) is 4.79 Å². The maximum atomic E-state index is 12.2. The summed E-state index contributed by atoms with van der Waals surface area (Å²) in [5.41, 5.74) is 1.46. The first-order valence-electron chi connectivity index (χ1n) is 8.02. The minimum Gasteiger partial charge on any atom is -0.338 e. The summed E-state index contributed by atoms with van der Waals surface area (Å²) >= 11 is 1.78. The molecule has 0 radical (unpaired) electrons. The van der Waals surface area contributed by atoms with Gasteiger partial charge in [0, 0.05) is 28.7 Å². The van der Waals surface area contributed by atoms with E-state index in [1.54, 1.807) is 17.4 Å². The number of urea groups is 1. The molecule has 1 aromatic heterocycles. The largest absolute Gasteiger partial charge is 0.338 e. The van der Waals surface area contributed by atoms with E-state index in [0.717, 1.165) is 18.5 Å². The van der Waals surface area contributed by atoms with Crippen LogP contribution in [0.4, 0.5) is 10.5 Å². The van der Waals surface area contributed by atoms with Gasteiger partial charge in [0.25, 0.3) is 0 Å². The third-order valence-corrected chi connectivity index (χ3v) is 5.36. The first-order valence-corrected chi connectivity index (χ1v) is 8.90. The summed E-state index contributed by atoms with van der Waals surface area (Å²) in [6, 6.07) is 11.7. The molecule has 2 heterocycles. The fraction of sp³-hybridized carbons (Fsp3) is 0.316. The summed E-state index contributed by atoms with van der Waals surface area (Å²) in [6.07, 6.45) is 6.47. The van der Waals surface area contributed by atoms with E-state index in [-0.39, 0.29) is 6.03 Å². The first-order chi connectivity index (χ1) is 11.7. The molecule has 5 heteroatoms. The zero-order valence-electron chi connectivity index (χ0n) is 13.7. The Labute approximate surface area is 146 Å². The van der Waals surface area contributed by atoms with Crippen LogP contribution in [0.2, 0.25) is 0 Å². The van der Waals surface area contributed by atoms with Gasteiger partial charge in [0.05, 0.1) is 0 Å². The van der Waals surface area contributed by atoms with Gasteiger partial charge < -0.3 is 10.6 Å². The SMILES string of the molecule is C#Cc1cccc(NC(=O)NC[C@@H]2CCN(C)[C@H]2c2cccs2)c1. The number of thiophene rings is 1. The maximum absolute atomic E-state index is 12.2. The lowest BCUT2D eigenvalue weighted by Gasteiger charge is -2.24. The molecular weight excluding hydrogens is 318 g/mol. The van der Waals surface area contributed by atoms with Crippen LogP contribution in [0.1, 0.15) is 22.9 Å². The monoisotopic (exact) mass is 339 g/mol. The molecule has 2 aromatic rings. The summed E-state index contributed by atoms with van der Waals surface area (Å²) in [6.45, 7) is 1.72. The first kappa shape index (κ1) is 16.6. The number of rotatable bonds is 4. The summed E-state index contributed by atoms with van der Waals surface area (Å²) in [4.78, 5) is 15.9. The van der Waals surface area contributed by atoms with Crippen molar-refractivity contribution in [3.8, 4) is 12.3 Å². The predicted octanol–water partition coefficient (Wildman–Crippen LogP) is 3.54. The summed E-state index contributed by atoms with van der Waals surface area (Å²) < 4.78 is 0. The second kappa shape index (κ2) is 7.52. The smallest absolute Gasteiger partial charge is 0.319 e. The minimum absolute atomic E-state index is 0.191. The second-order valence-corrected chi connectivity index (χ2v) is 7.03. The molecule has 0 bridgehead atoms. The Bertz CT molecular complexity index is 735. The molecule has 2 amide bonds. The summed E-state index contributed by atoms with van der Waals surface area (Å²) in [7, 11) is 2.15. The molecule has 1 aliphatic heterocycles. The Morgan fingerprint density at radius 2 is 2.29 bits per heavy atom. The third kappa shape index (κ3) is 3.78. The molecule has 1 saturated heterocycles. The Morgan fingerprint density at radius 1 is 1.42 bits per heavy atom. The molecule has 0 spiro atoms. The second-order valence-electron chi connectivity index (χ2n) is 6.05. The van der Waals surface area contributed by atoms with E-state index in [2.05, 4.69) is 46.0 Å². The van der Waals surface area contributed by atoms with E-state index in [0.29, 0.717) is 24.2 Å². The van der Waals surface area contributed by atoms with Gasteiger partial charge in [-0.05, 0) is 55.6 Å². The van der Waals surface area contributed by atoms with Crippen molar-refractivity contribution in [3.05, 3.63) is 52.2 Å². The van der Waals surface area contributed by atoms with Gasteiger partial charge in [0.1, 0.15) is 0 Å². The molecule has 0 unspecified atom stereocenters. The number of benzene rings is 1. The highest BCUT2D eigenvalue weighted by Gasteiger charge is 2.33. The standard InChI is InChI=1S/C19H21N3OS/c1-3-14-6-4-7-16(12-14)21-19(23)20-13-15-9-10-22(2)18(15)17-8-5-11-24-17/h1,4-8,11-12,15,18H,9-10,13H2,2H3,(H2,20,21,23)/t15-,18+/m0/s1. The number of anilines is 1. The van der Waals surface area contributed by atoms with Crippen molar-refractivity contribution < 1.29 is 4.79 Å². The zero-order valence-corrected chi connectivity index (χ0v) is 14.5. The zero-order chi connectivity index (χ0) is 16.9. The van der Waals surface area contributed by atoms with Crippen LogP contribution >= 0.6 is 11.3 Å². The molecule has 3 rings (SSSR count). The lowest BCUT2D eigenvalue weighted by Crippen LogP contribution is -2.35. The van der Waals surface area contributed by atoms with E-state index < -0.39 is 0 Å². The number of hydrogen-bond acceptors (Lipinski definition) is 3. The van der Waals surface area contributed by atoms with Crippen molar-refractivity contribution in [1.82, 2.24) is 10.2 Å². The Morgan fingerprint density at radius 3 is 3.04 bits per heavy atom. The van der Waals surface area contributed by atoms with Crippen molar-refractivity contribution in [3.63, 3.8) is 0 Å². The van der Waals surface area contributed by atoms with Crippen molar-refractivity contribution in [1.29, 1.82) is 0 Å². The van der Waals surface area contributed by atoms with E-state index in [1.807, 2.05) is 18.2 Å². The maximum Gasteiger partial charge on any atom is 0.319 e. The molecule has 124 valence electrons. The molecule has 1 aliphatic rings. The van der Waals surface area contributed by atoms with Crippen LogP contribution in [0.5, 0.6) is 0 Å². The normalized spacial score (nSPS) is 20.5. The van der Waals surface area contributed by atoms with Gasteiger partial charge in [-0.2, -0.15) is 0 Å². The van der Waals surface area contributed by atoms with Crippen LogP contribution in [0, 0.1) is 18.3 Å². The fourth-order valence-corrected chi connectivity index (χ4v) is 4.22. The highest BCUT2D eigenvalue weighted by atomic mass is 32.1. The lowest BCUT2D eigenvalue weighted by molar-refractivity contribution is 0.244. The van der Waals surface area contributed by atoms with E-state index >= 15 is 0 Å². The van der Waals surface area contributed by atoms with Gasteiger partial charge >= 0.3 is 6.03 Å². The van der Waals surface area contributed by atoms with Gasteiger partial charge in [0.2, 0.25) is 0 Å². The predicted molar refractivity (Wildman–Crippen MR) is 99.2 cm³/mol. The average molecular weight is 339 g/mol. The Kier molecular flexibility index (Phi) is 5.19. The minimum atomic E-state index is -0.191. The quantitative estimate of drug-likeness (QED) is 0.837. The number of amides is 2. The van der Waals surface area contributed by atoms with E-state index in [1.165, 1.54) is 4.88 Å². The van der Waals surface area contributed by atoms with E-state index in [4.69, 9.17) is 6.42 Å². The number of nitrogens with one attached hydrogen (secondary N) is 2. The summed E-state index contributed by atoms with van der Waals surface area (Å²) in [5.74, 6) is 2.99. The van der Waals surface area contributed by atoms with Crippen LogP contribution in [0.3, 0.4) is 0 Å². The molecule has 0 saturated carbocycles. The summed E-state index contributed by atoms with van der Waals surface area (Å²) in [5, 5.41) is 7.95. The highest BCUT2D eigenvalue weighted by molar-refractivity contribution is 7.10. The fourth-order valence-electron chi connectivity index (χ4n) is 3.23. The Balaban J connectivity index is 1.57. The molecule has 4 nitrogen and oxygen atoms in total. The van der Waals surface area contributed by atoms with Crippen molar-refractivity contribution >= 4 is 23.1 Å². The number of hydrogen-bond donors (Lipinski definition) is 2. The highest BCUT2D eigenvalue weighted by Crippen LogP contribution is 2.37. The number of likely N-dealkylation sites (tertiary alicyclic amines) is 1. The number of carbonyl (C=O) groups excluding carboxylic acids is 1. The van der Waals surface area contributed by atoms with E-state index in [9.17, 15) is 4.79 Å². The van der Waals surface area contributed by atoms with Crippen LogP contribution in [0.15, 0.2) is 41.8 Å². The van der Waals surface area contributed by atoms with Gasteiger partial charge in [-0.3, -0.25) is 4.90 Å². The number of terminal acetylenes is 1. The molecule has 0 aliphatic carbocycles. The average Bonchev–Trinajstić information content (AvgIpc) is 3.22. The van der Waals surface area contributed by atoms with Gasteiger partial charge in [0.15, 0.2) is 0 Å². The van der Waals surface area contributed by atoms with Crippen molar-refractivity contribution in [2.45, 2.75) is 12.5 Å². The molecule has 2 atom stereocenters. The van der Waals surface area contributed by atoms with Gasteiger partial charge in [-0.15, -0.1) is 17.8 Å². The van der Waals surface area contributed by atoms with Crippen LogP contribution in [0.25, 0.3) is 0 Å². The van der Waals surface area contributed by atoms with Crippen molar-refractivity contribution in [2.75, 3.05) is 25.5 Å². The molecular formula is C19H21N3OS. The lowest BCUT2D eigenvalue weighted by atomic mass is 9.99. The van der Waals surface area contributed by atoms with Crippen LogP contribution < -0.4 is 10.6 Å².